The Bertz CT molecular complexity index is 857. The maximum Gasteiger partial charge on any atom is 0.455 e. The normalized spacial score (nSPS) is 15.9. The molecule has 0 aliphatic carbocycles. The minimum atomic E-state index is -4.59. The molecule has 0 N–H and O–H groups in total. The average Bonchev–Trinajstić information content (AvgIpc) is 2.95. The molecule has 0 amide bonds. The Labute approximate surface area is 128 Å². The van der Waals surface area contributed by atoms with Gasteiger partial charge in [0.2, 0.25) is 11.8 Å². The van der Waals surface area contributed by atoms with Gasteiger partial charge in [0.1, 0.15) is 0 Å². The van der Waals surface area contributed by atoms with Crippen molar-refractivity contribution in [2.75, 3.05) is 18.0 Å². The summed E-state index contributed by atoms with van der Waals surface area (Å²) in [4.78, 5) is 14.0. The molecule has 1 aliphatic heterocycles. The quantitative estimate of drug-likeness (QED) is 0.723. The molecule has 0 spiro atoms. The van der Waals surface area contributed by atoms with Crippen LogP contribution in [0.2, 0.25) is 0 Å². The summed E-state index contributed by atoms with van der Waals surface area (Å²) in [6.45, 7) is 0.885. The maximum atomic E-state index is 12.5. The number of para-hydroxylation sites is 1. The fourth-order valence-corrected chi connectivity index (χ4v) is 2.43. The molecule has 3 aromatic rings. The van der Waals surface area contributed by atoms with Gasteiger partial charge in [0, 0.05) is 24.7 Å². The van der Waals surface area contributed by atoms with Crippen molar-refractivity contribution in [3.8, 4) is 0 Å². The summed E-state index contributed by atoms with van der Waals surface area (Å²) >= 11 is 0. The van der Waals surface area contributed by atoms with Crippen molar-refractivity contribution in [2.45, 2.75) is 12.1 Å². The largest absolute Gasteiger partial charge is 0.455 e. The van der Waals surface area contributed by atoms with E-state index in [1.165, 1.54) is 0 Å². The Hall–Kier alpha value is -2.71. The van der Waals surface area contributed by atoms with Gasteiger partial charge < -0.3 is 9.42 Å². The molecule has 1 aliphatic rings. The van der Waals surface area contributed by atoms with Gasteiger partial charge in [-0.15, -0.1) is 0 Å². The van der Waals surface area contributed by atoms with Gasteiger partial charge in [-0.05, 0) is 6.07 Å². The van der Waals surface area contributed by atoms with Crippen LogP contribution in [-0.4, -0.2) is 33.2 Å². The van der Waals surface area contributed by atoms with Crippen molar-refractivity contribution >= 4 is 16.9 Å². The lowest BCUT2D eigenvalue weighted by atomic mass is 10.0. The van der Waals surface area contributed by atoms with E-state index in [0.29, 0.717) is 19.0 Å². The van der Waals surface area contributed by atoms with Crippen LogP contribution in [0.25, 0.3) is 10.9 Å². The molecule has 3 heterocycles. The van der Waals surface area contributed by atoms with E-state index in [9.17, 15) is 13.2 Å². The first-order valence-electron chi connectivity index (χ1n) is 6.88. The zero-order chi connectivity index (χ0) is 16.0. The van der Waals surface area contributed by atoms with E-state index < -0.39 is 12.0 Å². The summed E-state index contributed by atoms with van der Waals surface area (Å²) in [7, 11) is 0. The van der Waals surface area contributed by atoms with Crippen molar-refractivity contribution in [2.24, 2.45) is 0 Å². The molecule has 9 heteroatoms. The molecule has 2 aromatic heterocycles. The highest BCUT2D eigenvalue weighted by Gasteiger charge is 2.40. The molecule has 1 aromatic carbocycles. The van der Waals surface area contributed by atoms with E-state index in [1.54, 1.807) is 6.20 Å². The van der Waals surface area contributed by atoms with Gasteiger partial charge in [-0.25, -0.2) is 9.97 Å². The summed E-state index contributed by atoms with van der Waals surface area (Å²) < 4.78 is 42.1. The average molecular weight is 321 g/mol. The first-order valence-corrected chi connectivity index (χ1v) is 6.88. The smallest absolute Gasteiger partial charge is 0.339 e. The van der Waals surface area contributed by atoms with Crippen LogP contribution >= 0.6 is 0 Å². The van der Waals surface area contributed by atoms with Gasteiger partial charge in [0.15, 0.2) is 0 Å². The molecule has 1 saturated heterocycles. The molecule has 4 rings (SSSR count). The lowest BCUT2D eigenvalue weighted by Crippen LogP contribution is -2.46. The van der Waals surface area contributed by atoms with Crippen molar-refractivity contribution in [3.05, 3.63) is 42.2 Å². The number of aromatic nitrogens is 4. The van der Waals surface area contributed by atoms with Gasteiger partial charge in [-0.2, -0.15) is 18.2 Å². The monoisotopic (exact) mass is 321 g/mol. The fourth-order valence-electron chi connectivity index (χ4n) is 2.43. The van der Waals surface area contributed by atoms with Crippen molar-refractivity contribution < 1.29 is 17.7 Å². The van der Waals surface area contributed by atoms with Crippen LogP contribution in [0.3, 0.4) is 0 Å². The molecular weight excluding hydrogens is 311 g/mol. The number of anilines is 1. The zero-order valence-electron chi connectivity index (χ0n) is 11.7. The molecule has 0 atom stereocenters. The van der Waals surface area contributed by atoms with Crippen LogP contribution in [0.4, 0.5) is 19.1 Å². The second-order valence-corrected chi connectivity index (χ2v) is 5.28. The SMILES string of the molecule is FC(F)(F)c1noc(C2CN(c3ncc4ccccc4n3)C2)n1. The topological polar surface area (TPSA) is 67.9 Å². The molecule has 6 nitrogen and oxygen atoms in total. The predicted molar refractivity (Wildman–Crippen MR) is 73.8 cm³/mol. The second kappa shape index (κ2) is 4.90. The van der Waals surface area contributed by atoms with E-state index in [1.807, 2.05) is 29.2 Å². The van der Waals surface area contributed by atoms with Crippen LogP contribution in [0.5, 0.6) is 0 Å². The minimum absolute atomic E-state index is 0.00522. The number of rotatable bonds is 2. The Morgan fingerprint density at radius 1 is 1.13 bits per heavy atom. The molecular formula is C14H10F3N5O. The standard InChI is InChI=1S/C14H10F3N5O/c15-14(16,17)12-20-11(23-21-12)9-6-22(7-9)13-18-5-8-3-1-2-4-10(8)19-13/h1-5,9H,6-7H2. The number of benzene rings is 1. The van der Waals surface area contributed by atoms with Gasteiger partial charge in [0.05, 0.1) is 11.4 Å². The Morgan fingerprint density at radius 2 is 1.91 bits per heavy atom. The predicted octanol–water partition coefficient (Wildman–Crippen LogP) is 2.64. The highest BCUT2D eigenvalue weighted by atomic mass is 19.4. The van der Waals surface area contributed by atoms with E-state index in [0.717, 1.165) is 10.9 Å². The fraction of sp³-hybridized carbons (Fsp3) is 0.286. The highest BCUT2D eigenvalue weighted by Crippen LogP contribution is 2.32. The summed E-state index contributed by atoms with van der Waals surface area (Å²) in [5, 5.41) is 3.90. The third-order valence-corrected chi connectivity index (χ3v) is 3.69. The minimum Gasteiger partial charge on any atom is -0.339 e. The van der Waals surface area contributed by atoms with E-state index >= 15 is 0 Å². The lowest BCUT2D eigenvalue weighted by Gasteiger charge is -2.36. The molecule has 23 heavy (non-hydrogen) atoms. The van der Waals surface area contributed by atoms with Crippen LogP contribution in [-0.2, 0) is 6.18 Å². The van der Waals surface area contributed by atoms with Crippen molar-refractivity contribution in [1.29, 1.82) is 0 Å². The summed E-state index contributed by atoms with van der Waals surface area (Å²) in [6, 6.07) is 7.58. The van der Waals surface area contributed by atoms with Gasteiger partial charge in [-0.3, -0.25) is 0 Å². The number of hydrogen-bond donors (Lipinski definition) is 0. The van der Waals surface area contributed by atoms with Gasteiger partial charge >= 0.3 is 6.18 Å². The number of nitrogens with zero attached hydrogens (tertiary/aromatic N) is 5. The number of halogens is 3. The summed E-state index contributed by atoms with van der Waals surface area (Å²) in [6.07, 6.45) is -2.87. The van der Waals surface area contributed by atoms with E-state index in [2.05, 4.69) is 20.1 Å². The number of alkyl halides is 3. The Balaban J connectivity index is 1.49. The van der Waals surface area contributed by atoms with E-state index in [-0.39, 0.29) is 11.8 Å². The van der Waals surface area contributed by atoms with Crippen LogP contribution in [0, 0.1) is 0 Å². The Morgan fingerprint density at radius 3 is 2.65 bits per heavy atom. The second-order valence-electron chi connectivity index (χ2n) is 5.28. The first kappa shape index (κ1) is 13.9. The van der Waals surface area contributed by atoms with Crippen molar-refractivity contribution in [3.63, 3.8) is 0 Å². The third kappa shape index (κ3) is 2.47. The molecule has 0 radical (unpaired) electrons. The Kier molecular flexibility index (Phi) is 2.97. The van der Waals surface area contributed by atoms with Crippen LogP contribution < -0.4 is 4.90 Å². The van der Waals surface area contributed by atoms with Gasteiger partial charge in [-0.1, -0.05) is 23.4 Å². The lowest BCUT2D eigenvalue weighted by molar-refractivity contribution is -0.146. The number of fused-ring (bicyclic) bond motifs is 1. The van der Waals surface area contributed by atoms with Crippen LogP contribution in [0.15, 0.2) is 35.0 Å². The summed E-state index contributed by atoms with van der Waals surface area (Å²) in [5.74, 6) is -0.952. The molecule has 0 unspecified atom stereocenters. The highest BCUT2D eigenvalue weighted by molar-refractivity contribution is 5.78. The van der Waals surface area contributed by atoms with Crippen LogP contribution in [0.1, 0.15) is 17.6 Å². The first-order chi connectivity index (χ1) is 11.0. The van der Waals surface area contributed by atoms with Crippen molar-refractivity contribution in [1.82, 2.24) is 20.1 Å². The van der Waals surface area contributed by atoms with E-state index in [4.69, 9.17) is 4.52 Å². The molecule has 1 fully saturated rings. The zero-order valence-corrected chi connectivity index (χ0v) is 11.7. The summed E-state index contributed by atoms with van der Waals surface area (Å²) in [5.41, 5.74) is 0.818. The molecule has 118 valence electrons. The molecule has 0 saturated carbocycles. The maximum absolute atomic E-state index is 12.5. The molecule has 0 bridgehead atoms. The van der Waals surface area contributed by atoms with Gasteiger partial charge in [0.25, 0.3) is 5.82 Å². The third-order valence-electron chi connectivity index (χ3n) is 3.69. The number of hydrogen-bond acceptors (Lipinski definition) is 6.